The predicted molar refractivity (Wildman–Crippen MR) is 97.8 cm³/mol. The van der Waals surface area contributed by atoms with Gasteiger partial charge < -0.3 is 10.4 Å². The summed E-state index contributed by atoms with van der Waals surface area (Å²) in [6.45, 7) is 0. The van der Waals surface area contributed by atoms with Crippen LogP contribution >= 0.6 is 26.2 Å². The van der Waals surface area contributed by atoms with Gasteiger partial charge >= 0.3 is 10.2 Å². The van der Waals surface area contributed by atoms with Gasteiger partial charge in [0, 0.05) is 17.1 Å². The summed E-state index contributed by atoms with van der Waals surface area (Å²) in [5, 5.41) is 11.7. The van der Waals surface area contributed by atoms with Gasteiger partial charge in [0.05, 0.1) is 5.69 Å². The van der Waals surface area contributed by atoms with E-state index < -0.39 is 52.9 Å². The topological polar surface area (TPSA) is 95.5 Å². The summed E-state index contributed by atoms with van der Waals surface area (Å²) in [5.74, 6) is -1.87. The number of aromatic hydroxyl groups is 1. The van der Waals surface area contributed by atoms with Gasteiger partial charge in [0.25, 0.3) is 15.9 Å². The molecule has 0 saturated carbocycles. The number of benzene rings is 2. The molecule has 0 unspecified atom stereocenters. The number of carbonyl (C=O) groups is 1. The Kier molecular flexibility index (Phi) is 4.94. The Morgan fingerprint density at radius 3 is 2.21 bits per heavy atom. The Morgan fingerprint density at radius 2 is 1.68 bits per heavy atom. The smallest absolute Gasteiger partial charge is 0.310 e. The minimum atomic E-state index is -10.2. The van der Waals surface area contributed by atoms with Crippen molar-refractivity contribution < 1.29 is 37.7 Å². The number of rotatable bonds is 5. The van der Waals surface area contributed by atoms with Gasteiger partial charge in [0.15, 0.2) is 0 Å². The first-order chi connectivity index (χ1) is 12.4. The highest BCUT2D eigenvalue weighted by Crippen LogP contribution is 3.02. The van der Waals surface area contributed by atoms with E-state index in [1.54, 1.807) is 4.72 Å². The molecule has 6 nitrogen and oxygen atoms in total. The quantitative estimate of drug-likeness (QED) is 0.494. The summed E-state index contributed by atoms with van der Waals surface area (Å²) in [5.41, 5.74) is -1.78. The van der Waals surface area contributed by atoms with Crippen molar-refractivity contribution in [2.24, 2.45) is 0 Å². The van der Waals surface area contributed by atoms with Crippen molar-refractivity contribution in [1.82, 2.24) is 5.32 Å². The second-order valence-electron chi connectivity index (χ2n) is 5.51. The normalized spacial score (nSPS) is 14.7. The molecule has 0 radical (unpaired) electrons. The number of halogens is 6. The Balaban J connectivity index is 2.66. The molecule has 2 rings (SSSR count). The fourth-order valence-electron chi connectivity index (χ4n) is 2.07. The van der Waals surface area contributed by atoms with Crippen molar-refractivity contribution in [1.29, 1.82) is 0 Å². The molecule has 1 amide bonds. The molecular formula is C14H12BrF5N2O4S2. The van der Waals surface area contributed by atoms with Crippen LogP contribution in [0.3, 0.4) is 0 Å². The lowest BCUT2D eigenvalue weighted by molar-refractivity contribution is 0.0963. The first-order valence-electron chi connectivity index (χ1n) is 7.05. The summed E-state index contributed by atoms with van der Waals surface area (Å²) in [4.78, 5) is 8.49. The first-order valence-corrected chi connectivity index (χ1v) is 11.3. The van der Waals surface area contributed by atoms with E-state index in [0.717, 1.165) is 19.2 Å². The van der Waals surface area contributed by atoms with Crippen molar-refractivity contribution in [2.45, 2.75) is 9.79 Å². The van der Waals surface area contributed by atoms with Crippen LogP contribution in [-0.2, 0) is 10.0 Å². The minimum Gasteiger partial charge on any atom is -0.507 e. The number of hydrogen-bond acceptors (Lipinski definition) is 4. The second-order valence-corrected chi connectivity index (χ2v) is 10.5. The van der Waals surface area contributed by atoms with Gasteiger partial charge in [-0.2, -0.15) is 0 Å². The Morgan fingerprint density at radius 1 is 1.07 bits per heavy atom. The Bertz CT molecular complexity index is 1080. The van der Waals surface area contributed by atoms with Crippen molar-refractivity contribution in [3.63, 3.8) is 0 Å². The molecular weight excluding hydrogens is 499 g/mol. The monoisotopic (exact) mass is 510 g/mol. The highest BCUT2D eigenvalue weighted by molar-refractivity contribution is 9.10. The number of carbonyl (C=O) groups excluding carboxylic acids is 1. The first kappa shape index (κ1) is 22.2. The van der Waals surface area contributed by atoms with Crippen molar-refractivity contribution in [3.8, 4) is 5.75 Å². The molecule has 3 N–H and O–H groups in total. The average Bonchev–Trinajstić information content (AvgIpc) is 2.53. The van der Waals surface area contributed by atoms with E-state index in [1.165, 1.54) is 6.07 Å². The number of phenols is 1. The van der Waals surface area contributed by atoms with E-state index in [1.807, 2.05) is 5.32 Å². The summed E-state index contributed by atoms with van der Waals surface area (Å²) >= 11 is 2.97. The summed E-state index contributed by atoms with van der Waals surface area (Å²) in [6.07, 6.45) is 0. The molecule has 0 aliphatic heterocycles. The summed E-state index contributed by atoms with van der Waals surface area (Å²) < 4.78 is 92.6. The van der Waals surface area contributed by atoms with Gasteiger partial charge in [0.1, 0.15) is 15.5 Å². The highest BCUT2D eigenvalue weighted by atomic mass is 79.9. The molecule has 156 valence electrons. The van der Waals surface area contributed by atoms with Crippen LogP contribution in [0, 0.1) is 0 Å². The lowest BCUT2D eigenvalue weighted by Gasteiger charge is -2.40. The maximum Gasteiger partial charge on any atom is 0.310 e. The van der Waals surface area contributed by atoms with Gasteiger partial charge in [0.2, 0.25) is 0 Å². The van der Waals surface area contributed by atoms with E-state index >= 15 is 0 Å². The van der Waals surface area contributed by atoms with Crippen LogP contribution < -0.4 is 10.0 Å². The molecule has 2 aromatic rings. The third kappa shape index (κ3) is 5.05. The van der Waals surface area contributed by atoms with E-state index in [2.05, 4.69) is 15.9 Å². The molecule has 14 heteroatoms. The second kappa shape index (κ2) is 6.22. The summed E-state index contributed by atoms with van der Waals surface area (Å²) in [6, 6.07) is 3.70. The van der Waals surface area contributed by atoms with Gasteiger partial charge in [-0.15, -0.1) is 0 Å². The zero-order valence-electron chi connectivity index (χ0n) is 13.7. The van der Waals surface area contributed by atoms with Crippen LogP contribution in [0.2, 0.25) is 0 Å². The van der Waals surface area contributed by atoms with Crippen LogP contribution in [0.15, 0.2) is 50.7 Å². The largest absolute Gasteiger partial charge is 0.507 e. The van der Waals surface area contributed by atoms with Crippen LogP contribution in [0.1, 0.15) is 10.4 Å². The minimum absolute atomic E-state index is 0.0746. The summed E-state index contributed by atoms with van der Waals surface area (Å²) in [7, 11) is -13.8. The average molecular weight is 511 g/mol. The van der Waals surface area contributed by atoms with E-state index in [0.29, 0.717) is 6.07 Å². The maximum atomic E-state index is 13.2. The fourth-order valence-corrected chi connectivity index (χ4v) is 4.45. The number of phenolic OH excluding ortho intramolecular Hbond substituents is 1. The van der Waals surface area contributed by atoms with Crippen molar-refractivity contribution in [2.75, 3.05) is 11.8 Å². The van der Waals surface area contributed by atoms with Gasteiger partial charge in [-0.05, 0) is 36.4 Å². The lowest BCUT2D eigenvalue weighted by Crippen LogP contribution is -2.20. The van der Waals surface area contributed by atoms with Crippen LogP contribution in [0.5, 0.6) is 5.75 Å². The molecule has 2 aromatic carbocycles. The number of hydrogen-bond donors (Lipinski definition) is 3. The van der Waals surface area contributed by atoms with Gasteiger partial charge in [-0.3, -0.25) is 9.52 Å². The third-order valence-corrected chi connectivity index (χ3v) is 6.34. The van der Waals surface area contributed by atoms with Gasteiger partial charge in [-0.1, -0.05) is 35.4 Å². The molecule has 0 heterocycles. The molecule has 0 aliphatic carbocycles. The third-order valence-electron chi connectivity index (χ3n) is 3.30. The number of anilines is 1. The Labute approximate surface area is 164 Å². The van der Waals surface area contributed by atoms with Crippen molar-refractivity contribution in [3.05, 3.63) is 46.4 Å². The molecule has 0 bridgehead atoms. The van der Waals surface area contributed by atoms with E-state index in [9.17, 15) is 37.7 Å². The SMILES string of the molecule is CNC(=O)c1cc(NS(=O)(=O)c2cc(Br)ccc2O)cc(S(F)(F)(F)(F)F)c1. The number of sulfonamides is 1. The number of nitrogens with one attached hydrogen (secondary N) is 2. The highest BCUT2D eigenvalue weighted by Gasteiger charge is 2.65. The standard InChI is InChI=1S/C14H12BrF5N2O4S2/c1-21-14(24)8-4-10(7-11(5-8)28(16,17,18,19)20)22-27(25,26)13-6-9(15)2-3-12(13)23/h2-7,22-23H,1H3,(H,21,24). The molecule has 0 aliphatic rings. The molecule has 0 saturated heterocycles. The zero-order valence-corrected chi connectivity index (χ0v) is 16.9. The molecule has 0 atom stereocenters. The lowest BCUT2D eigenvalue weighted by atomic mass is 10.2. The molecule has 0 fully saturated rings. The Hall–Kier alpha value is -2.06. The molecule has 28 heavy (non-hydrogen) atoms. The predicted octanol–water partition coefficient (Wildman–Crippen LogP) is 4.97. The molecule has 0 aromatic heterocycles. The fraction of sp³-hybridized carbons (Fsp3) is 0.0714. The maximum absolute atomic E-state index is 13.2. The van der Waals surface area contributed by atoms with Gasteiger partial charge in [-0.25, -0.2) is 8.42 Å². The number of amides is 1. The van der Waals surface area contributed by atoms with E-state index in [4.69, 9.17) is 0 Å². The molecule has 0 spiro atoms. The van der Waals surface area contributed by atoms with Crippen molar-refractivity contribution >= 4 is 47.8 Å². The van der Waals surface area contributed by atoms with Crippen LogP contribution in [0.25, 0.3) is 0 Å². The van der Waals surface area contributed by atoms with Crippen LogP contribution in [0.4, 0.5) is 25.1 Å². The van der Waals surface area contributed by atoms with E-state index in [-0.39, 0.29) is 16.6 Å². The van der Waals surface area contributed by atoms with Crippen LogP contribution in [-0.4, -0.2) is 26.5 Å². The zero-order chi connectivity index (χ0) is 21.6.